The molecular weight excluding hydrogens is 562 g/mol. The quantitative estimate of drug-likeness (QED) is 0.202. The van der Waals surface area contributed by atoms with Crippen molar-refractivity contribution < 1.29 is 9.84 Å². The summed E-state index contributed by atoms with van der Waals surface area (Å²) in [6.45, 7) is 8.23. The number of nitrogens with one attached hydrogen (secondary N) is 1. The molecule has 0 spiro atoms. The predicted molar refractivity (Wildman–Crippen MR) is 182 cm³/mol. The fraction of sp³-hybridized carbons (Fsp3) is 0.194. The van der Waals surface area contributed by atoms with Crippen LogP contribution in [0.1, 0.15) is 36.7 Å². The summed E-state index contributed by atoms with van der Waals surface area (Å²) in [6, 6.07) is 31.7. The monoisotopic (exact) mass is 597 g/mol. The third kappa shape index (κ3) is 4.86. The van der Waals surface area contributed by atoms with Gasteiger partial charge in [-0.05, 0) is 87.0 Å². The van der Waals surface area contributed by atoms with Crippen molar-refractivity contribution in [3.8, 4) is 17.2 Å². The summed E-state index contributed by atoms with van der Waals surface area (Å²) in [5.74, 6) is 2.51. The third-order valence-corrected chi connectivity index (χ3v) is 8.42. The third-order valence-electron chi connectivity index (χ3n) is 8.42. The number of fused-ring (bicyclic) bond motifs is 4. The lowest BCUT2D eigenvalue weighted by Crippen LogP contribution is -2.46. The molecule has 0 saturated carbocycles. The van der Waals surface area contributed by atoms with Crippen LogP contribution in [0.15, 0.2) is 107 Å². The van der Waals surface area contributed by atoms with Gasteiger partial charge in [0.05, 0.1) is 35.9 Å². The van der Waals surface area contributed by atoms with Crippen molar-refractivity contribution in [2.45, 2.75) is 26.8 Å². The first-order valence-corrected chi connectivity index (χ1v) is 15.2. The molecule has 226 valence electrons. The number of benzene rings is 4. The number of para-hydroxylation sites is 3. The van der Waals surface area contributed by atoms with Gasteiger partial charge in [-0.25, -0.2) is 14.7 Å². The molecule has 9 nitrogen and oxygen atoms in total. The Kier molecular flexibility index (Phi) is 7.21. The number of methoxy groups -OCH3 is 1. The van der Waals surface area contributed by atoms with Gasteiger partial charge in [-0.1, -0.05) is 36.4 Å². The molecule has 2 aliphatic rings. The number of phenols is 1. The first-order valence-electron chi connectivity index (χ1n) is 15.2. The van der Waals surface area contributed by atoms with Gasteiger partial charge < -0.3 is 25.0 Å². The summed E-state index contributed by atoms with van der Waals surface area (Å²) in [5.41, 5.74) is 7.49. The first kappa shape index (κ1) is 28.2. The molecule has 0 fully saturated rings. The Balaban J connectivity index is 1.43. The van der Waals surface area contributed by atoms with Crippen molar-refractivity contribution in [1.29, 1.82) is 0 Å². The number of nitrogens with zero attached hydrogens (tertiary/aromatic N) is 6. The first-order chi connectivity index (χ1) is 22.0. The van der Waals surface area contributed by atoms with E-state index in [-0.39, 0.29) is 11.8 Å². The highest BCUT2D eigenvalue weighted by Crippen LogP contribution is 2.49. The molecule has 45 heavy (non-hydrogen) atoms. The van der Waals surface area contributed by atoms with E-state index >= 15 is 0 Å². The van der Waals surface area contributed by atoms with E-state index in [2.05, 4.69) is 59.3 Å². The molecule has 0 saturated heterocycles. The average molecular weight is 598 g/mol. The zero-order valence-corrected chi connectivity index (χ0v) is 25.8. The number of rotatable bonds is 7. The Labute approximate surface area is 262 Å². The highest BCUT2D eigenvalue weighted by Gasteiger charge is 2.41. The van der Waals surface area contributed by atoms with Crippen molar-refractivity contribution in [2.75, 3.05) is 35.3 Å². The Morgan fingerprint density at radius 1 is 0.889 bits per heavy atom. The molecule has 0 amide bonds. The van der Waals surface area contributed by atoms with E-state index < -0.39 is 0 Å². The standard InChI is InChI=1S/C36H35N7O2/c1-5-41(6-2)26-19-17-25(18-20-26)37-34-36-39-35-32(23(3)40-43(35)27-12-8-7-9-13-27)33(24-16-21-30(44)31(22-24)45-4)42(36)29-15-11-10-14-28(29)38-34/h7-22,33,44H,5-6H2,1-4H3,(H,37,38)/t33-/m0/s1. The molecule has 9 heteroatoms. The van der Waals surface area contributed by atoms with Crippen LogP contribution in [-0.2, 0) is 0 Å². The molecule has 5 aromatic rings. The van der Waals surface area contributed by atoms with Crippen LogP contribution in [0.5, 0.6) is 11.5 Å². The fourth-order valence-electron chi connectivity index (χ4n) is 6.21. The number of hydrogen-bond donors (Lipinski definition) is 2. The van der Waals surface area contributed by atoms with Crippen LogP contribution in [0.2, 0.25) is 0 Å². The normalized spacial score (nSPS) is 14.9. The lowest BCUT2D eigenvalue weighted by atomic mass is 9.93. The van der Waals surface area contributed by atoms with Crippen LogP contribution in [0.4, 0.5) is 28.6 Å². The maximum Gasteiger partial charge on any atom is 0.179 e. The van der Waals surface area contributed by atoms with Crippen LogP contribution < -0.4 is 19.9 Å². The summed E-state index contributed by atoms with van der Waals surface area (Å²) in [4.78, 5) is 14.9. The Hall–Kier alpha value is -5.57. The Bertz CT molecular complexity index is 1930. The van der Waals surface area contributed by atoms with Gasteiger partial charge >= 0.3 is 0 Å². The number of aliphatic imine (C=N–C) groups is 2. The van der Waals surface area contributed by atoms with Crippen LogP contribution in [0.3, 0.4) is 0 Å². The lowest BCUT2D eigenvalue weighted by molar-refractivity contribution is 0.372. The van der Waals surface area contributed by atoms with Gasteiger partial charge in [0, 0.05) is 30.0 Å². The summed E-state index contributed by atoms with van der Waals surface area (Å²) in [6.07, 6.45) is 0. The summed E-state index contributed by atoms with van der Waals surface area (Å²) in [7, 11) is 1.56. The van der Waals surface area contributed by atoms with E-state index in [0.29, 0.717) is 17.4 Å². The number of phenolic OH excluding ortho intramolecular Hbond substituents is 1. The summed E-state index contributed by atoms with van der Waals surface area (Å²) in [5, 5.41) is 19.1. The van der Waals surface area contributed by atoms with Crippen LogP contribution >= 0.6 is 0 Å². The number of aromatic nitrogens is 2. The van der Waals surface area contributed by atoms with Crippen LogP contribution in [0.25, 0.3) is 5.69 Å². The van der Waals surface area contributed by atoms with E-state index in [1.54, 1.807) is 13.2 Å². The van der Waals surface area contributed by atoms with Crippen molar-refractivity contribution in [3.05, 3.63) is 114 Å². The summed E-state index contributed by atoms with van der Waals surface area (Å²) < 4.78 is 7.46. The van der Waals surface area contributed by atoms with Crippen molar-refractivity contribution >= 4 is 40.2 Å². The Morgan fingerprint density at radius 2 is 1.62 bits per heavy atom. The van der Waals surface area contributed by atoms with Gasteiger partial charge in [-0.2, -0.15) is 5.10 Å². The fourth-order valence-corrected chi connectivity index (χ4v) is 6.21. The molecule has 4 aromatic carbocycles. The molecule has 1 aromatic heterocycles. The van der Waals surface area contributed by atoms with Gasteiger partial charge in [0.25, 0.3) is 0 Å². The second-order valence-electron chi connectivity index (χ2n) is 11.0. The minimum atomic E-state index is -0.335. The lowest BCUT2D eigenvalue weighted by Gasteiger charge is -2.40. The number of anilines is 3. The van der Waals surface area contributed by atoms with Crippen molar-refractivity contribution in [1.82, 2.24) is 9.78 Å². The van der Waals surface area contributed by atoms with E-state index in [1.807, 2.05) is 72.3 Å². The smallest absolute Gasteiger partial charge is 0.179 e. The van der Waals surface area contributed by atoms with E-state index in [9.17, 15) is 5.11 Å². The van der Waals surface area contributed by atoms with Gasteiger partial charge in [0.2, 0.25) is 0 Å². The van der Waals surface area contributed by atoms with Gasteiger partial charge in [0.15, 0.2) is 29.0 Å². The topological polar surface area (TPSA) is 90.5 Å². The SMILES string of the molecule is CCN(CC)c1ccc(NC2=Nc3ccccc3N3C2=Nc2c(c(C)nn2-c2ccccc2)[C@@H]3c2ccc(O)c(OC)c2)cc1. The molecule has 0 unspecified atom stereocenters. The van der Waals surface area contributed by atoms with Gasteiger partial charge in [-0.3, -0.25) is 0 Å². The largest absolute Gasteiger partial charge is 0.504 e. The molecule has 2 aliphatic heterocycles. The number of hydrogen-bond acceptors (Lipinski definition) is 8. The molecule has 7 rings (SSSR count). The highest BCUT2D eigenvalue weighted by atomic mass is 16.5. The zero-order chi connectivity index (χ0) is 31.1. The van der Waals surface area contributed by atoms with Gasteiger partial charge in [-0.15, -0.1) is 0 Å². The number of aromatic hydroxyl groups is 1. The zero-order valence-electron chi connectivity index (χ0n) is 25.8. The molecular formula is C36H35N7O2. The maximum absolute atomic E-state index is 10.5. The Morgan fingerprint density at radius 3 is 2.36 bits per heavy atom. The molecule has 0 radical (unpaired) electrons. The van der Waals surface area contributed by atoms with Crippen LogP contribution in [0, 0.1) is 6.92 Å². The predicted octanol–water partition coefficient (Wildman–Crippen LogP) is 7.54. The molecule has 2 N–H and O–H groups in total. The van der Waals surface area contributed by atoms with E-state index in [4.69, 9.17) is 19.8 Å². The second kappa shape index (κ2) is 11.5. The minimum absolute atomic E-state index is 0.0824. The van der Waals surface area contributed by atoms with Crippen LogP contribution in [-0.4, -0.2) is 46.8 Å². The molecule has 1 atom stereocenters. The molecule has 0 aliphatic carbocycles. The minimum Gasteiger partial charge on any atom is -0.504 e. The van der Waals surface area contributed by atoms with Crippen molar-refractivity contribution in [2.24, 2.45) is 9.98 Å². The number of ether oxygens (including phenoxy) is 1. The molecule has 3 heterocycles. The number of aryl methyl sites for hydroxylation is 1. The van der Waals surface area contributed by atoms with E-state index in [1.165, 1.54) is 5.69 Å². The van der Waals surface area contributed by atoms with E-state index in [0.717, 1.165) is 58.5 Å². The number of amidine groups is 2. The average Bonchev–Trinajstić information content (AvgIpc) is 3.41. The van der Waals surface area contributed by atoms with Gasteiger partial charge in [0.1, 0.15) is 0 Å². The highest BCUT2D eigenvalue weighted by molar-refractivity contribution is 6.51. The molecule has 0 bridgehead atoms. The summed E-state index contributed by atoms with van der Waals surface area (Å²) >= 11 is 0. The van der Waals surface area contributed by atoms with Crippen molar-refractivity contribution in [3.63, 3.8) is 0 Å². The second-order valence-corrected chi connectivity index (χ2v) is 11.0. The maximum atomic E-state index is 10.5.